The van der Waals surface area contributed by atoms with Gasteiger partial charge >= 0.3 is 0 Å². The Balaban J connectivity index is 2.16. The zero-order valence-electron chi connectivity index (χ0n) is 6.18. The Morgan fingerprint density at radius 2 is 2.45 bits per heavy atom. The highest BCUT2D eigenvalue weighted by Gasteiger charge is 2.26. The molecule has 2 N–H and O–H groups in total. The van der Waals surface area contributed by atoms with Gasteiger partial charge in [0.25, 0.3) is 0 Å². The van der Waals surface area contributed by atoms with E-state index in [0.717, 1.165) is 0 Å². The van der Waals surface area contributed by atoms with Crippen molar-refractivity contribution in [3.05, 3.63) is 18.5 Å². The fourth-order valence-corrected chi connectivity index (χ4v) is 1.31. The molecule has 1 aromatic heterocycles. The molecule has 2 rings (SSSR count). The second-order valence-corrected chi connectivity index (χ2v) is 2.75. The van der Waals surface area contributed by atoms with Crippen molar-refractivity contribution in [2.24, 2.45) is 5.73 Å². The lowest BCUT2D eigenvalue weighted by Gasteiger charge is -2.12. The molecule has 2 atom stereocenters. The highest BCUT2D eigenvalue weighted by atomic mass is 16.5. The number of hydrogen-bond donors (Lipinski definition) is 1. The number of nitrogens with zero attached hydrogens (tertiary/aromatic N) is 2. The van der Waals surface area contributed by atoms with Crippen LogP contribution in [0, 0.1) is 0 Å². The third-order valence-electron chi connectivity index (χ3n) is 1.96. The predicted octanol–water partition coefficient (Wildman–Crippen LogP) is -0.218. The summed E-state index contributed by atoms with van der Waals surface area (Å²) in [5.74, 6) is 0. The van der Waals surface area contributed by atoms with Crippen LogP contribution in [0.2, 0.25) is 0 Å². The summed E-state index contributed by atoms with van der Waals surface area (Å²) >= 11 is 0. The summed E-state index contributed by atoms with van der Waals surface area (Å²) in [6.07, 6.45) is 3.67. The molecule has 0 spiro atoms. The largest absolute Gasteiger partial charge is 0.377 e. The van der Waals surface area contributed by atoms with Crippen molar-refractivity contribution in [1.82, 2.24) is 9.78 Å². The van der Waals surface area contributed by atoms with Gasteiger partial charge in [-0.25, -0.2) is 0 Å². The van der Waals surface area contributed by atoms with Gasteiger partial charge in [0.05, 0.1) is 25.3 Å². The van der Waals surface area contributed by atoms with E-state index in [0.29, 0.717) is 13.2 Å². The molecule has 0 amide bonds. The summed E-state index contributed by atoms with van der Waals surface area (Å²) in [4.78, 5) is 0. The van der Waals surface area contributed by atoms with Gasteiger partial charge in [0.1, 0.15) is 0 Å². The van der Waals surface area contributed by atoms with Crippen molar-refractivity contribution in [3.8, 4) is 0 Å². The molecule has 0 aromatic carbocycles. The van der Waals surface area contributed by atoms with Crippen molar-refractivity contribution in [2.75, 3.05) is 13.2 Å². The average Bonchev–Trinajstić information content (AvgIpc) is 2.55. The summed E-state index contributed by atoms with van der Waals surface area (Å²) < 4.78 is 7.07. The Morgan fingerprint density at radius 3 is 3.00 bits per heavy atom. The highest BCUT2D eigenvalue weighted by molar-refractivity contribution is 4.88. The molecule has 1 aliphatic rings. The number of hydrogen-bond acceptors (Lipinski definition) is 3. The van der Waals surface area contributed by atoms with Gasteiger partial charge in [0.15, 0.2) is 0 Å². The van der Waals surface area contributed by atoms with Gasteiger partial charge in [-0.15, -0.1) is 0 Å². The van der Waals surface area contributed by atoms with Gasteiger partial charge in [-0.3, -0.25) is 4.68 Å². The third kappa shape index (κ3) is 1.15. The average molecular weight is 153 g/mol. The standard InChI is InChI=1S/C7H11N3O/c8-6-4-11-5-7(6)10-3-1-2-9-10/h1-3,6-7H,4-5,8H2/t6-,7+/m1/s1. The SMILES string of the molecule is N[C@@H]1COC[C@@H]1n1cccn1. The maximum atomic E-state index is 5.78. The number of aromatic nitrogens is 2. The molecule has 0 bridgehead atoms. The molecule has 1 aliphatic heterocycles. The lowest BCUT2D eigenvalue weighted by molar-refractivity contribution is 0.183. The zero-order chi connectivity index (χ0) is 7.68. The number of rotatable bonds is 1. The first-order valence-corrected chi connectivity index (χ1v) is 3.70. The van der Waals surface area contributed by atoms with E-state index in [1.807, 2.05) is 16.9 Å². The first kappa shape index (κ1) is 6.82. The number of ether oxygens (including phenoxy) is 1. The molecule has 4 heteroatoms. The van der Waals surface area contributed by atoms with Crippen molar-refractivity contribution >= 4 is 0 Å². The summed E-state index contributed by atoms with van der Waals surface area (Å²) in [5.41, 5.74) is 5.78. The highest BCUT2D eigenvalue weighted by Crippen LogP contribution is 2.15. The molecule has 1 saturated heterocycles. The maximum Gasteiger partial charge on any atom is 0.0925 e. The van der Waals surface area contributed by atoms with E-state index < -0.39 is 0 Å². The molecule has 4 nitrogen and oxygen atoms in total. The van der Waals surface area contributed by atoms with E-state index in [1.165, 1.54) is 0 Å². The predicted molar refractivity (Wildman–Crippen MR) is 40.1 cm³/mol. The van der Waals surface area contributed by atoms with Crippen LogP contribution in [-0.4, -0.2) is 29.0 Å². The van der Waals surface area contributed by atoms with Crippen molar-refractivity contribution in [3.63, 3.8) is 0 Å². The third-order valence-corrected chi connectivity index (χ3v) is 1.96. The molecule has 0 aliphatic carbocycles. The molecular weight excluding hydrogens is 142 g/mol. The van der Waals surface area contributed by atoms with Crippen LogP contribution in [-0.2, 0) is 4.74 Å². The van der Waals surface area contributed by atoms with Gasteiger partial charge in [-0.1, -0.05) is 0 Å². The van der Waals surface area contributed by atoms with E-state index in [-0.39, 0.29) is 12.1 Å². The van der Waals surface area contributed by atoms with Crippen LogP contribution in [0.4, 0.5) is 0 Å². The lowest BCUT2D eigenvalue weighted by atomic mass is 10.2. The summed E-state index contributed by atoms with van der Waals surface area (Å²) in [7, 11) is 0. The second-order valence-electron chi connectivity index (χ2n) is 2.75. The monoisotopic (exact) mass is 153 g/mol. The van der Waals surface area contributed by atoms with E-state index in [9.17, 15) is 0 Å². The normalized spacial score (nSPS) is 31.0. The van der Waals surface area contributed by atoms with E-state index in [4.69, 9.17) is 10.5 Å². The number of nitrogens with two attached hydrogens (primary N) is 1. The fraction of sp³-hybridized carbons (Fsp3) is 0.571. The Hall–Kier alpha value is -0.870. The van der Waals surface area contributed by atoms with Crippen LogP contribution >= 0.6 is 0 Å². The van der Waals surface area contributed by atoms with Crippen LogP contribution in [0.25, 0.3) is 0 Å². The van der Waals surface area contributed by atoms with Crippen LogP contribution in [0.15, 0.2) is 18.5 Å². The van der Waals surface area contributed by atoms with Crippen LogP contribution < -0.4 is 5.73 Å². The molecule has 0 radical (unpaired) electrons. The van der Waals surface area contributed by atoms with Crippen molar-refractivity contribution < 1.29 is 4.74 Å². The van der Waals surface area contributed by atoms with Gasteiger partial charge in [-0.05, 0) is 6.07 Å². The summed E-state index contributed by atoms with van der Waals surface area (Å²) in [6, 6.07) is 2.21. The lowest BCUT2D eigenvalue weighted by Crippen LogP contribution is -2.30. The smallest absolute Gasteiger partial charge is 0.0925 e. The van der Waals surface area contributed by atoms with Gasteiger partial charge in [0.2, 0.25) is 0 Å². The first-order valence-electron chi connectivity index (χ1n) is 3.70. The summed E-state index contributed by atoms with van der Waals surface area (Å²) in [5, 5.41) is 4.11. The molecule has 0 unspecified atom stereocenters. The van der Waals surface area contributed by atoms with Crippen LogP contribution in [0.5, 0.6) is 0 Å². The van der Waals surface area contributed by atoms with Gasteiger partial charge in [0, 0.05) is 12.4 Å². The fourth-order valence-electron chi connectivity index (χ4n) is 1.31. The minimum absolute atomic E-state index is 0.0925. The van der Waals surface area contributed by atoms with Crippen molar-refractivity contribution in [2.45, 2.75) is 12.1 Å². The molecule has 1 aromatic rings. The zero-order valence-corrected chi connectivity index (χ0v) is 6.18. The summed E-state index contributed by atoms with van der Waals surface area (Å²) in [6.45, 7) is 1.33. The molecule has 1 fully saturated rings. The first-order chi connectivity index (χ1) is 5.38. The molecule has 0 saturated carbocycles. The molecule has 60 valence electrons. The Bertz CT molecular complexity index is 222. The second kappa shape index (κ2) is 2.64. The Labute approximate surface area is 64.9 Å². The van der Waals surface area contributed by atoms with Crippen LogP contribution in [0.3, 0.4) is 0 Å². The van der Waals surface area contributed by atoms with Crippen molar-refractivity contribution in [1.29, 1.82) is 0 Å². The minimum atomic E-state index is 0.0925. The van der Waals surface area contributed by atoms with Gasteiger partial charge < -0.3 is 10.5 Å². The minimum Gasteiger partial charge on any atom is -0.377 e. The Kier molecular flexibility index (Phi) is 1.63. The maximum absolute atomic E-state index is 5.78. The van der Waals surface area contributed by atoms with E-state index >= 15 is 0 Å². The van der Waals surface area contributed by atoms with E-state index in [1.54, 1.807) is 6.20 Å². The Morgan fingerprint density at radius 1 is 1.55 bits per heavy atom. The molecule has 11 heavy (non-hydrogen) atoms. The topological polar surface area (TPSA) is 53.1 Å². The quantitative estimate of drug-likeness (QED) is 0.607. The van der Waals surface area contributed by atoms with Gasteiger partial charge in [-0.2, -0.15) is 5.10 Å². The molecule has 2 heterocycles. The van der Waals surface area contributed by atoms with Crippen LogP contribution in [0.1, 0.15) is 6.04 Å². The molecular formula is C7H11N3O. The van der Waals surface area contributed by atoms with E-state index in [2.05, 4.69) is 5.10 Å².